The van der Waals surface area contributed by atoms with Gasteiger partial charge in [0.25, 0.3) is 0 Å². The molecular formula is C8H9F3. The normalized spacial score (nSPS) is 8.45. The summed E-state index contributed by atoms with van der Waals surface area (Å²) in [4.78, 5) is 0. The van der Waals surface area contributed by atoms with Gasteiger partial charge in [0.05, 0.1) is 0 Å². The Kier molecular flexibility index (Phi) is 4.34. The van der Waals surface area contributed by atoms with Crippen LogP contribution < -0.4 is 0 Å². The highest BCUT2D eigenvalue weighted by molar-refractivity contribution is 5.07. The van der Waals surface area contributed by atoms with E-state index in [1.807, 2.05) is 13.8 Å². The second kappa shape index (κ2) is 4.77. The molecule has 0 spiro atoms. The molecule has 0 saturated heterocycles. The van der Waals surface area contributed by atoms with Gasteiger partial charge >= 0.3 is 0 Å². The van der Waals surface area contributed by atoms with Crippen molar-refractivity contribution in [1.82, 2.24) is 0 Å². The largest absolute Gasteiger partial charge is 0.204 e. The number of hydrogen-bond acceptors (Lipinski definition) is 0. The average Bonchev–Trinajstić information content (AvgIpc) is 2.04. The van der Waals surface area contributed by atoms with Crippen LogP contribution >= 0.6 is 0 Å². The van der Waals surface area contributed by atoms with Crippen LogP contribution in [0.25, 0.3) is 0 Å². The predicted molar refractivity (Wildman–Crippen MR) is 37.7 cm³/mol. The maximum absolute atomic E-state index is 12.0. The van der Waals surface area contributed by atoms with Crippen LogP contribution in [0.4, 0.5) is 13.2 Å². The second-order valence-electron chi connectivity index (χ2n) is 1.54. The zero-order valence-corrected chi connectivity index (χ0v) is 6.37. The molecule has 0 amide bonds. The van der Waals surface area contributed by atoms with Gasteiger partial charge in [-0.25, -0.2) is 13.2 Å². The molecule has 0 unspecified atom stereocenters. The third-order valence-electron chi connectivity index (χ3n) is 0.904. The molecule has 0 saturated carbocycles. The molecule has 0 heterocycles. The predicted octanol–water partition coefficient (Wildman–Crippen LogP) is 3.13. The lowest BCUT2D eigenvalue weighted by Gasteiger charge is -1.90. The van der Waals surface area contributed by atoms with Crippen LogP contribution in [0, 0.1) is 17.5 Å². The van der Waals surface area contributed by atoms with E-state index < -0.39 is 17.5 Å². The van der Waals surface area contributed by atoms with E-state index >= 15 is 0 Å². The van der Waals surface area contributed by atoms with Crippen LogP contribution in [0.3, 0.4) is 0 Å². The molecule has 62 valence electrons. The molecule has 0 bridgehead atoms. The van der Waals surface area contributed by atoms with E-state index in [0.29, 0.717) is 0 Å². The fraction of sp³-hybridized carbons (Fsp3) is 0.250. The maximum Gasteiger partial charge on any atom is 0.194 e. The summed E-state index contributed by atoms with van der Waals surface area (Å²) < 4.78 is 35.9. The van der Waals surface area contributed by atoms with Gasteiger partial charge in [0.2, 0.25) is 0 Å². The molecule has 11 heavy (non-hydrogen) atoms. The van der Waals surface area contributed by atoms with Gasteiger partial charge < -0.3 is 0 Å². The maximum atomic E-state index is 12.0. The highest BCUT2D eigenvalue weighted by Gasteiger charge is 2.04. The van der Waals surface area contributed by atoms with Crippen LogP contribution in [-0.2, 0) is 0 Å². The summed E-state index contributed by atoms with van der Waals surface area (Å²) in [6.07, 6.45) is 0. The van der Waals surface area contributed by atoms with Gasteiger partial charge in [0.1, 0.15) is 0 Å². The van der Waals surface area contributed by atoms with Crippen LogP contribution in [0.2, 0.25) is 0 Å². The Hall–Kier alpha value is -0.990. The standard InChI is InChI=1S/C6H3F3.C2H6/c7-4-2-1-3-5(8)6(4)9;1-2/h1-3H;1-2H3. The van der Waals surface area contributed by atoms with Crippen LogP contribution in [0.5, 0.6) is 0 Å². The van der Waals surface area contributed by atoms with Crippen molar-refractivity contribution in [3.05, 3.63) is 35.7 Å². The van der Waals surface area contributed by atoms with Crippen molar-refractivity contribution >= 4 is 0 Å². The topological polar surface area (TPSA) is 0 Å². The molecular weight excluding hydrogens is 153 g/mol. The Morgan fingerprint density at radius 3 is 1.55 bits per heavy atom. The van der Waals surface area contributed by atoms with Gasteiger partial charge in [-0.2, -0.15) is 0 Å². The van der Waals surface area contributed by atoms with Crippen molar-refractivity contribution in [2.24, 2.45) is 0 Å². The third kappa shape index (κ3) is 2.62. The summed E-state index contributed by atoms with van der Waals surface area (Å²) in [7, 11) is 0. The highest BCUT2D eigenvalue weighted by atomic mass is 19.2. The molecule has 1 aromatic carbocycles. The van der Waals surface area contributed by atoms with Gasteiger partial charge in [-0.15, -0.1) is 0 Å². The second-order valence-corrected chi connectivity index (χ2v) is 1.54. The molecule has 0 atom stereocenters. The fourth-order valence-corrected chi connectivity index (χ4v) is 0.477. The van der Waals surface area contributed by atoms with Crippen LogP contribution in [0.15, 0.2) is 18.2 Å². The van der Waals surface area contributed by atoms with Gasteiger partial charge in [-0.3, -0.25) is 0 Å². The first-order chi connectivity index (χ1) is 5.22. The summed E-state index contributed by atoms with van der Waals surface area (Å²) in [5, 5.41) is 0. The van der Waals surface area contributed by atoms with E-state index in [1.165, 1.54) is 0 Å². The molecule has 3 heteroatoms. The number of halogens is 3. The zero-order valence-electron chi connectivity index (χ0n) is 6.37. The molecule has 1 rings (SSSR count). The Balaban J connectivity index is 0.000000461. The van der Waals surface area contributed by atoms with Gasteiger partial charge in [-0.05, 0) is 12.1 Å². The minimum absolute atomic E-state index is 0.860. The third-order valence-corrected chi connectivity index (χ3v) is 0.904. The van der Waals surface area contributed by atoms with Crippen molar-refractivity contribution in [3.8, 4) is 0 Å². The molecule has 0 nitrogen and oxygen atoms in total. The fourth-order valence-electron chi connectivity index (χ4n) is 0.477. The Morgan fingerprint density at radius 2 is 1.27 bits per heavy atom. The van der Waals surface area contributed by atoms with Gasteiger partial charge in [-0.1, -0.05) is 19.9 Å². The molecule has 0 N–H and O–H groups in total. The summed E-state index contributed by atoms with van der Waals surface area (Å²) in [6, 6.07) is 2.82. The zero-order chi connectivity index (χ0) is 8.85. The van der Waals surface area contributed by atoms with Crippen LogP contribution in [0.1, 0.15) is 13.8 Å². The SMILES string of the molecule is CC.Fc1cccc(F)c1F. The quantitative estimate of drug-likeness (QED) is 0.514. The van der Waals surface area contributed by atoms with Crippen molar-refractivity contribution in [1.29, 1.82) is 0 Å². The molecule has 0 aromatic heterocycles. The minimum Gasteiger partial charge on any atom is -0.204 e. The van der Waals surface area contributed by atoms with E-state index in [2.05, 4.69) is 0 Å². The van der Waals surface area contributed by atoms with Crippen molar-refractivity contribution in [3.63, 3.8) is 0 Å². The molecule has 0 aliphatic rings. The van der Waals surface area contributed by atoms with E-state index in [9.17, 15) is 13.2 Å². The summed E-state index contributed by atoms with van der Waals surface area (Å²) >= 11 is 0. The molecule has 0 aliphatic carbocycles. The lowest BCUT2D eigenvalue weighted by molar-refractivity contribution is 0.447. The number of hydrogen-bond donors (Lipinski definition) is 0. The number of benzene rings is 1. The molecule has 0 radical (unpaired) electrons. The summed E-state index contributed by atoms with van der Waals surface area (Å²) in [5.41, 5.74) is 0. The van der Waals surface area contributed by atoms with E-state index in [1.54, 1.807) is 0 Å². The Bertz CT molecular complexity index is 200. The lowest BCUT2D eigenvalue weighted by Crippen LogP contribution is -1.86. The lowest BCUT2D eigenvalue weighted by atomic mass is 10.3. The highest BCUT2D eigenvalue weighted by Crippen LogP contribution is 2.07. The minimum atomic E-state index is -1.42. The van der Waals surface area contributed by atoms with E-state index in [-0.39, 0.29) is 0 Å². The summed E-state index contributed by atoms with van der Waals surface area (Å²) in [5.74, 6) is -3.73. The Labute approximate surface area is 63.7 Å². The Morgan fingerprint density at radius 1 is 0.909 bits per heavy atom. The van der Waals surface area contributed by atoms with Crippen LogP contribution in [-0.4, -0.2) is 0 Å². The number of rotatable bonds is 0. The van der Waals surface area contributed by atoms with Crippen molar-refractivity contribution in [2.75, 3.05) is 0 Å². The molecule has 0 aliphatic heterocycles. The summed E-state index contributed by atoms with van der Waals surface area (Å²) in [6.45, 7) is 4.00. The van der Waals surface area contributed by atoms with Crippen molar-refractivity contribution in [2.45, 2.75) is 13.8 Å². The molecule has 1 aromatic rings. The average molecular weight is 162 g/mol. The van der Waals surface area contributed by atoms with Gasteiger partial charge in [0, 0.05) is 0 Å². The molecule has 0 fully saturated rings. The van der Waals surface area contributed by atoms with E-state index in [4.69, 9.17) is 0 Å². The smallest absolute Gasteiger partial charge is 0.194 e. The monoisotopic (exact) mass is 162 g/mol. The first kappa shape index (κ1) is 10.0. The first-order valence-corrected chi connectivity index (χ1v) is 3.31. The van der Waals surface area contributed by atoms with Crippen molar-refractivity contribution < 1.29 is 13.2 Å². The van der Waals surface area contributed by atoms with E-state index in [0.717, 1.165) is 18.2 Å². The first-order valence-electron chi connectivity index (χ1n) is 3.31. The van der Waals surface area contributed by atoms with Gasteiger partial charge in [0.15, 0.2) is 17.5 Å².